The quantitative estimate of drug-likeness (QED) is 0.303. The molecule has 1 amide bonds. The van der Waals surface area contributed by atoms with Crippen molar-refractivity contribution in [2.45, 2.75) is 4.90 Å². The molecule has 0 aliphatic carbocycles. The number of aromatic nitrogens is 1. The zero-order valence-corrected chi connectivity index (χ0v) is 22.5. The molecule has 10 heteroatoms. The van der Waals surface area contributed by atoms with Gasteiger partial charge in [0.25, 0.3) is 5.91 Å². The Morgan fingerprint density at radius 2 is 1.47 bits per heavy atom. The van der Waals surface area contributed by atoms with Crippen LogP contribution in [0.4, 0.5) is 5.13 Å². The molecule has 0 saturated heterocycles. The highest BCUT2D eigenvalue weighted by Gasteiger charge is 2.22. The fourth-order valence-corrected chi connectivity index (χ4v) is 5.25. The Labute approximate surface area is 220 Å². The van der Waals surface area contributed by atoms with Gasteiger partial charge in [0.1, 0.15) is 0 Å². The Balaban J connectivity index is 0.00000361. The first kappa shape index (κ1) is 27.5. The Hall–Kier alpha value is -3.11. The first-order valence-corrected chi connectivity index (χ1v) is 13.6. The van der Waals surface area contributed by atoms with Gasteiger partial charge in [0.2, 0.25) is 0 Å². The molecular formula is C26H26ClN3O4S2. The summed E-state index contributed by atoms with van der Waals surface area (Å²) in [6.07, 6.45) is 1.16. The minimum atomic E-state index is -3.35. The van der Waals surface area contributed by atoms with E-state index in [2.05, 4.69) is 4.98 Å². The number of sulfone groups is 1. The highest BCUT2D eigenvalue weighted by molar-refractivity contribution is 7.90. The number of thiazole rings is 1. The van der Waals surface area contributed by atoms with Gasteiger partial charge in [0.15, 0.2) is 20.8 Å². The summed E-state index contributed by atoms with van der Waals surface area (Å²) < 4.78 is 24.6. The largest absolute Gasteiger partial charge is 0.308 e. The molecule has 36 heavy (non-hydrogen) atoms. The number of fused-ring (bicyclic) bond motifs is 1. The maximum Gasteiger partial charge on any atom is 0.260 e. The Bertz CT molecular complexity index is 1480. The summed E-state index contributed by atoms with van der Waals surface area (Å²) in [6.45, 7) is 1.01. The van der Waals surface area contributed by atoms with Gasteiger partial charge in [-0.2, -0.15) is 0 Å². The van der Waals surface area contributed by atoms with E-state index < -0.39 is 9.84 Å². The summed E-state index contributed by atoms with van der Waals surface area (Å²) in [7, 11) is 0.487. The third kappa shape index (κ3) is 6.17. The predicted octanol–water partition coefficient (Wildman–Crippen LogP) is 4.56. The lowest BCUT2D eigenvalue weighted by atomic mass is 10.0. The van der Waals surface area contributed by atoms with Crippen LogP contribution in [0.3, 0.4) is 0 Å². The van der Waals surface area contributed by atoms with E-state index in [0.29, 0.717) is 45.1 Å². The summed E-state index contributed by atoms with van der Waals surface area (Å²) >= 11 is 1.27. The number of carbonyl (C=O) groups is 2. The zero-order chi connectivity index (χ0) is 25.2. The van der Waals surface area contributed by atoms with Gasteiger partial charge >= 0.3 is 0 Å². The topological polar surface area (TPSA) is 87.7 Å². The van der Waals surface area contributed by atoms with Crippen LogP contribution in [0.15, 0.2) is 77.7 Å². The van der Waals surface area contributed by atoms with Crippen molar-refractivity contribution < 1.29 is 18.0 Å². The highest BCUT2D eigenvalue weighted by Crippen LogP contribution is 2.31. The van der Waals surface area contributed by atoms with E-state index >= 15 is 0 Å². The predicted molar refractivity (Wildman–Crippen MR) is 147 cm³/mol. The molecule has 0 aliphatic heterocycles. The summed E-state index contributed by atoms with van der Waals surface area (Å²) in [5.74, 6) is -0.352. The molecule has 0 aliphatic rings. The molecule has 0 spiro atoms. The van der Waals surface area contributed by atoms with Gasteiger partial charge in [0.05, 0.1) is 15.1 Å². The van der Waals surface area contributed by atoms with Crippen molar-refractivity contribution in [1.29, 1.82) is 0 Å². The number of amides is 1. The number of halogens is 1. The minimum Gasteiger partial charge on any atom is -0.308 e. The molecule has 1 aromatic heterocycles. The van der Waals surface area contributed by atoms with Gasteiger partial charge in [-0.1, -0.05) is 53.8 Å². The van der Waals surface area contributed by atoms with E-state index in [-0.39, 0.29) is 29.0 Å². The number of hydrogen-bond donors (Lipinski definition) is 0. The van der Waals surface area contributed by atoms with E-state index in [1.54, 1.807) is 53.4 Å². The van der Waals surface area contributed by atoms with Crippen LogP contribution in [0.25, 0.3) is 10.2 Å². The van der Waals surface area contributed by atoms with Crippen molar-refractivity contribution in [3.05, 3.63) is 89.5 Å². The number of ketones is 1. The SMILES string of the molecule is CN(C)CCN(C(=O)c1ccc(C(=O)c2ccccc2)cc1)c1nc2ccc(S(C)(=O)=O)cc2s1.Cl. The number of nitrogens with zero attached hydrogens (tertiary/aromatic N) is 3. The van der Waals surface area contributed by atoms with Crippen LogP contribution in [0.2, 0.25) is 0 Å². The van der Waals surface area contributed by atoms with Gasteiger partial charge in [-0.15, -0.1) is 12.4 Å². The molecule has 188 valence electrons. The van der Waals surface area contributed by atoms with Crippen molar-refractivity contribution >= 4 is 60.6 Å². The molecule has 0 bridgehead atoms. The molecule has 4 aromatic rings. The number of likely N-dealkylation sites (N-methyl/N-ethyl adjacent to an activating group) is 1. The molecule has 4 rings (SSSR count). The molecule has 3 aromatic carbocycles. The average molecular weight is 544 g/mol. The van der Waals surface area contributed by atoms with Gasteiger partial charge in [0, 0.05) is 36.0 Å². The molecule has 0 unspecified atom stereocenters. The zero-order valence-electron chi connectivity index (χ0n) is 20.0. The second-order valence-electron chi connectivity index (χ2n) is 8.43. The monoisotopic (exact) mass is 543 g/mol. The van der Waals surface area contributed by atoms with Gasteiger partial charge in [-0.25, -0.2) is 13.4 Å². The summed E-state index contributed by atoms with van der Waals surface area (Å²) in [6, 6.07) is 20.4. The van der Waals surface area contributed by atoms with Crippen LogP contribution in [-0.4, -0.2) is 63.4 Å². The lowest BCUT2D eigenvalue weighted by molar-refractivity contribution is 0.0982. The van der Waals surface area contributed by atoms with Crippen LogP contribution in [0.1, 0.15) is 26.3 Å². The number of carbonyl (C=O) groups excluding carboxylic acids is 2. The molecule has 0 atom stereocenters. The maximum absolute atomic E-state index is 13.5. The smallest absolute Gasteiger partial charge is 0.260 e. The van der Waals surface area contributed by atoms with E-state index in [0.717, 1.165) is 6.26 Å². The van der Waals surface area contributed by atoms with Crippen LogP contribution in [0, 0.1) is 0 Å². The first-order valence-electron chi connectivity index (χ1n) is 10.9. The second kappa shape index (κ2) is 11.3. The molecule has 0 fully saturated rings. The van der Waals surface area contributed by atoms with Crippen molar-refractivity contribution in [1.82, 2.24) is 9.88 Å². The van der Waals surface area contributed by atoms with Crippen molar-refractivity contribution in [3.63, 3.8) is 0 Å². The highest BCUT2D eigenvalue weighted by atomic mass is 35.5. The average Bonchev–Trinajstić information content (AvgIpc) is 3.26. The Kier molecular flexibility index (Phi) is 8.63. The van der Waals surface area contributed by atoms with Crippen LogP contribution >= 0.6 is 23.7 Å². The van der Waals surface area contributed by atoms with E-state index in [9.17, 15) is 18.0 Å². The van der Waals surface area contributed by atoms with Crippen LogP contribution in [0.5, 0.6) is 0 Å². The second-order valence-corrected chi connectivity index (χ2v) is 11.5. The fourth-order valence-electron chi connectivity index (χ4n) is 3.50. The van der Waals surface area contributed by atoms with E-state index in [1.165, 1.54) is 17.4 Å². The molecule has 0 saturated carbocycles. The maximum atomic E-state index is 13.5. The van der Waals surface area contributed by atoms with Crippen molar-refractivity contribution in [2.75, 3.05) is 38.3 Å². The molecular weight excluding hydrogens is 518 g/mol. The normalized spacial score (nSPS) is 11.3. The van der Waals surface area contributed by atoms with E-state index in [1.807, 2.05) is 37.2 Å². The standard InChI is InChI=1S/C26H25N3O4S2.ClH/c1-28(2)15-16-29(26-27-22-14-13-21(35(3,32)33)17-23(22)34-26)25(31)20-11-9-19(10-12-20)24(30)18-7-5-4-6-8-18;/h4-14,17H,15-16H2,1-3H3;1H. The lowest BCUT2D eigenvalue weighted by Crippen LogP contribution is -2.36. The molecule has 0 radical (unpaired) electrons. The molecule has 1 heterocycles. The third-order valence-electron chi connectivity index (χ3n) is 5.45. The number of benzene rings is 3. The van der Waals surface area contributed by atoms with Gasteiger partial charge < -0.3 is 4.90 Å². The van der Waals surface area contributed by atoms with E-state index in [4.69, 9.17) is 0 Å². The molecule has 7 nitrogen and oxygen atoms in total. The summed E-state index contributed by atoms with van der Waals surface area (Å²) in [4.78, 5) is 34.6. The lowest BCUT2D eigenvalue weighted by Gasteiger charge is -2.22. The molecule has 0 N–H and O–H groups in total. The summed E-state index contributed by atoms with van der Waals surface area (Å²) in [5, 5.41) is 0.488. The number of rotatable bonds is 8. The number of anilines is 1. The van der Waals surface area contributed by atoms with Gasteiger partial charge in [-0.3, -0.25) is 14.5 Å². The third-order valence-corrected chi connectivity index (χ3v) is 7.61. The Morgan fingerprint density at radius 1 is 0.861 bits per heavy atom. The van der Waals surface area contributed by atoms with Crippen LogP contribution in [-0.2, 0) is 9.84 Å². The fraction of sp³-hybridized carbons (Fsp3) is 0.192. The summed E-state index contributed by atoms with van der Waals surface area (Å²) in [5.41, 5.74) is 2.15. The van der Waals surface area contributed by atoms with Crippen LogP contribution < -0.4 is 4.90 Å². The van der Waals surface area contributed by atoms with Gasteiger partial charge in [-0.05, 0) is 44.4 Å². The van der Waals surface area contributed by atoms with Crippen molar-refractivity contribution in [3.8, 4) is 0 Å². The number of hydrogen-bond acceptors (Lipinski definition) is 7. The minimum absolute atomic E-state index is 0. The Morgan fingerprint density at radius 3 is 2.08 bits per heavy atom. The van der Waals surface area contributed by atoms with Crippen molar-refractivity contribution in [2.24, 2.45) is 0 Å². The first-order chi connectivity index (χ1) is 16.6.